The fraction of sp³-hybridized carbons (Fsp3) is 0.727. The maximum Gasteiger partial charge on any atom is 0.226 e. The van der Waals surface area contributed by atoms with E-state index in [2.05, 4.69) is 6.58 Å². The van der Waals surface area contributed by atoms with Crippen LogP contribution in [0.2, 0.25) is 0 Å². The molecule has 1 saturated heterocycles. The predicted molar refractivity (Wildman–Crippen MR) is 55.9 cm³/mol. The maximum absolute atomic E-state index is 11.6. The molecule has 1 fully saturated rings. The van der Waals surface area contributed by atoms with Crippen LogP contribution in [0.1, 0.15) is 32.1 Å². The van der Waals surface area contributed by atoms with E-state index >= 15 is 0 Å². The number of hydrogen-bond acceptors (Lipinski definition) is 2. The quantitative estimate of drug-likeness (QED) is 0.675. The first-order valence-corrected chi connectivity index (χ1v) is 5.30. The van der Waals surface area contributed by atoms with Gasteiger partial charge in [0.2, 0.25) is 5.91 Å². The molecule has 0 bridgehead atoms. The molecule has 1 N–H and O–H groups in total. The molecule has 0 spiro atoms. The number of carbonyl (C=O) groups is 1. The third-order valence-corrected chi connectivity index (χ3v) is 2.71. The highest BCUT2D eigenvalue weighted by molar-refractivity contribution is 5.78. The number of amides is 1. The molecule has 0 aliphatic carbocycles. The van der Waals surface area contributed by atoms with Crippen LogP contribution >= 0.6 is 0 Å². The summed E-state index contributed by atoms with van der Waals surface area (Å²) in [5.41, 5.74) is 0. The monoisotopic (exact) mass is 197 g/mol. The van der Waals surface area contributed by atoms with Gasteiger partial charge in [-0.1, -0.05) is 6.08 Å². The average molecular weight is 197 g/mol. The number of rotatable bonds is 5. The topological polar surface area (TPSA) is 40.5 Å². The van der Waals surface area contributed by atoms with E-state index < -0.39 is 0 Å². The first kappa shape index (κ1) is 11.2. The van der Waals surface area contributed by atoms with E-state index in [9.17, 15) is 4.79 Å². The summed E-state index contributed by atoms with van der Waals surface area (Å²) in [6.45, 7) is 4.67. The zero-order valence-corrected chi connectivity index (χ0v) is 8.61. The van der Waals surface area contributed by atoms with Crippen molar-refractivity contribution in [2.24, 2.45) is 0 Å². The summed E-state index contributed by atoms with van der Waals surface area (Å²) in [5, 5.41) is 8.74. The molecule has 0 aromatic rings. The number of nitrogens with zero attached hydrogens (tertiary/aromatic N) is 1. The molecule has 80 valence electrons. The standard InChI is InChI=1S/C11H19NO2/c1-2-5-11(14)12-8-3-6-10(12)7-4-9-13/h2,10,13H,1,3-9H2. The second kappa shape index (κ2) is 5.81. The van der Waals surface area contributed by atoms with Crippen LogP contribution in [0, 0.1) is 0 Å². The van der Waals surface area contributed by atoms with Crippen molar-refractivity contribution in [2.75, 3.05) is 13.2 Å². The van der Waals surface area contributed by atoms with Crippen LogP contribution in [0.4, 0.5) is 0 Å². The van der Waals surface area contributed by atoms with Crippen molar-refractivity contribution >= 4 is 5.91 Å². The molecule has 0 radical (unpaired) electrons. The van der Waals surface area contributed by atoms with Crippen molar-refractivity contribution in [3.8, 4) is 0 Å². The van der Waals surface area contributed by atoms with Gasteiger partial charge in [-0.25, -0.2) is 0 Å². The molecule has 0 aromatic heterocycles. The summed E-state index contributed by atoms with van der Waals surface area (Å²) >= 11 is 0. The minimum Gasteiger partial charge on any atom is -0.396 e. The molecule has 1 rings (SSSR count). The third kappa shape index (κ3) is 2.84. The molecule has 1 aliphatic rings. The summed E-state index contributed by atoms with van der Waals surface area (Å²) in [7, 11) is 0. The van der Waals surface area contributed by atoms with Crippen molar-refractivity contribution in [1.29, 1.82) is 0 Å². The Kier molecular flexibility index (Phi) is 4.66. The Bertz CT molecular complexity index is 203. The van der Waals surface area contributed by atoms with Gasteiger partial charge in [-0.05, 0) is 25.7 Å². The van der Waals surface area contributed by atoms with Gasteiger partial charge in [0.25, 0.3) is 0 Å². The fourth-order valence-corrected chi connectivity index (χ4v) is 2.03. The van der Waals surface area contributed by atoms with E-state index in [1.165, 1.54) is 0 Å². The van der Waals surface area contributed by atoms with Crippen LogP contribution in [0.3, 0.4) is 0 Å². The molecule has 1 aliphatic heterocycles. The van der Waals surface area contributed by atoms with Crippen LogP contribution < -0.4 is 0 Å². The largest absolute Gasteiger partial charge is 0.396 e. The van der Waals surface area contributed by atoms with Crippen molar-refractivity contribution in [3.63, 3.8) is 0 Å². The minimum atomic E-state index is 0.181. The van der Waals surface area contributed by atoms with Crippen molar-refractivity contribution in [3.05, 3.63) is 12.7 Å². The molecule has 1 heterocycles. The highest BCUT2D eigenvalue weighted by Crippen LogP contribution is 2.21. The van der Waals surface area contributed by atoms with E-state index in [4.69, 9.17) is 5.11 Å². The molecule has 1 amide bonds. The van der Waals surface area contributed by atoms with Crippen LogP contribution in [-0.4, -0.2) is 35.1 Å². The van der Waals surface area contributed by atoms with Gasteiger partial charge < -0.3 is 10.0 Å². The molecule has 3 heteroatoms. The fourth-order valence-electron chi connectivity index (χ4n) is 2.03. The summed E-state index contributed by atoms with van der Waals surface area (Å²) in [5.74, 6) is 0.181. The maximum atomic E-state index is 11.6. The van der Waals surface area contributed by atoms with E-state index in [1.54, 1.807) is 6.08 Å². The van der Waals surface area contributed by atoms with E-state index in [0.717, 1.165) is 32.2 Å². The van der Waals surface area contributed by atoms with Gasteiger partial charge in [0.15, 0.2) is 0 Å². The Morgan fingerprint density at radius 1 is 1.64 bits per heavy atom. The van der Waals surface area contributed by atoms with Crippen LogP contribution in [0.5, 0.6) is 0 Å². The first-order chi connectivity index (χ1) is 6.79. The van der Waals surface area contributed by atoms with Crippen molar-refractivity contribution in [1.82, 2.24) is 4.90 Å². The number of aliphatic hydroxyl groups excluding tert-OH is 1. The molecule has 14 heavy (non-hydrogen) atoms. The Labute approximate surface area is 85.4 Å². The van der Waals surface area contributed by atoms with E-state index in [1.807, 2.05) is 4.90 Å². The van der Waals surface area contributed by atoms with Crippen molar-refractivity contribution < 1.29 is 9.90 Å². The molecular formula is C11H19NO2. The average Bonchev–Trinajstić information content (AvgIpc) is 2.63. The molecule has 0 saturated carbocycles. The number of hydrogen-bond donors (Lipinski definition) is 1. The van der Waals surface area contributed by atoms with Crippen LogP contribution in [0.25, 0.3) is 0 Å². The van der Waals surface area contributed by atoms with E-state index in [0.29, 0.717) is 12.5 Å². The second-order valence-corrected chi connectivity index (χ2v) is 3.74. The van der Waals surface area contributed by atoms with Gasteiger partial charge in [0, 0.05) is 25.6 Å². The number of likely N-dealkylation sites (tertiary alicyclic amines) is 1. The predicted octanol–water partition coefficient (Wildman–Crippen LogP) is 1.33. The lowest BCUT2D eigenvalue weighted by atomic mass is 10.1. The number of carbonyl (C=O) groups excluding carboxylic acids is 1. The summed E-state index contributed by atoms with van der Waals surface area (Å²) in [6.07, 6.45) is 6.00. The zero-order valence-electron chi connectivity index (χ0n) is 8.61. The van der Waals surface area contributed by atoms with Gasteiger partial charge in [-0.15, -0.1) is 6.58 Å². The van der Waals surface area contributed by atoms with Gasteiger partial charge >= 0.3 is 0 Å². The summed E-state index contributed by atoms with van der Waals surface area (Å²) in [6, 6.07) is 0.356. The highest BCUT2D eigenvalue weighted by Gasteiger charge is 2.26. The normalized spacial score (nSPS) is 21.2. The minimum absolute atomic E-state index is 0.181. The van der Waals surface area contributed by atoms with Gasteiger partial charge in [0.05, 0.1) is 0 Å². The summed E-state index contributed by atoms with van der Waals surface area (Å²) < 4.78 is 0. The second-order valence-electron chi connectivity index (χ2n) is 3.74. The molecule has 1 unspecified atom stereocenters. The van der Waals surface area contributed by atoms with Crippen molar-refractivity contribution in [2.45, 2.75) is 38.1 Å². The zero-order chi connectivity index (χ0) is 10.4. The van der Waals surface area contributed by atoms with E-state index in [-0.39, 0.29) is 12.5 Å². The Hall–Kier alpha value is -0.830. The number of aliphatic hydroxyl groups is 1. The van der Waals surface area contributed by atoms with Gasteiger partial charge in [0.1, 0.15) is 0 Å². The first-order valence-electron chi connectivity index (χ1n) is 5.30. The highest BCUT2D eigenvalue weighted by atomic mass is 16.3. The lowest BCUT2D eigenvalue weighted by Crippen LogP contribution is -2.35. The molecule has 0 aromatic carbocycles. The van der Waals surface area contributed by atoms with Gasteiger partial charge in [-0.3, -0.25) is 4.79 Å². The molecular weight excluding hydrogens is 178 g/mol. The lowest BCUT2D eigenvalue weighted by molar-refractivity contribution is -0.131. The summed E-state index contributed by atoms with van der Waals surface area (Å²) in [4.78, 5) is 13.6. The van der Waals surface area contributed by atoms with Crippen LogP contribution in [0.15, 0.2) is 12.7 Å². The van der Waals surface area contributed by atoms with Crippen LogP contribution in [-0.2, 0) is 4.79 Å². The third-order valence-electron chi connectivity index (χ3n) is 2.71. The Balaban J connectivity index is 2.41. The molecule has 1 atom stereocenters. The smallest absolute Gasteiger partial charge is 0.226 e. The SMILES string of the molecule is C=CCC(=O)N1CCCC1CCCO. The Morgan fingerprint density at radius 3 is 3.07 bits per heavy atom. The molecule has 3 nitrogen and oxygen atoms in total. The van der Waals surface area contributed by atoms with Gasteiger partial charge in [-0.2, -0.15) is 0 Å². The Morgan fingerprint density at radius 2 is 2.43 bits per heavy atom. The lowest BCUT2D eigenvalue weighted by Gasteiger charge is -2.24.